The van der Waals surface area contributed by atoms with Gasteiger partial charge in [-0.05, 0) is 64.1 Å². The molecule has 0 saturated carbocycles. The van der Waals surface area contributed by atoms with E-state index in [4.69, 9.17) is 4.99 Å². The number of nitrogens with zero attached hydrogens (tertiary/aromatic N) is 3. The third-order valence-corrected chi connectivity index (χ3v) is 5.34. The molecule has 158 valence electrons. The van der Waals surface area contributed by atoms with Gasteiger partial charge in [0.2, 0.25) is 0 Å². The maximum Gasteiger partial charge on any atom is 0.191 e. The lowest BCUT2D eigenvalue weighted by molar-refractivity contribution is 0.274. The number of guanidine groups is 1. The van der Waals surface area contributed by atoms with Crippen LogP contribution in [0.3, 0.4) is 0 Å². The molecular formula is C22H38FN5. The van der Waals surface area contributed by atoms with Crippen LogP contribution in [0.1, 0.15) is 39.2 Å². The Morgan fingerprint density at radius 1 is 1.18 bits per heavy atom. The van der Waals surface area contributed by atoms with Crippen molar-refractivity contribution in [3.8, 4) is 0 Å². The summed E-state index contributed by atoms with van der Waals surface area (Å²) >= 11 is 0. The van der Waals surface area contributed by atoms with Crippen LogP contribution in [0.4, 0.5) is 4.39 Å². The van der Waals surface area contributed by atoms with Crippen molar-refractivity contribution in [1.29, 1.82) is 0 Å². The SMILES string of the molecule is CCNC(=NCC(C)(C)c1cccc(F)c1)NCCCN1CCCN(C)CC1. The molecule has 1 saturated heterocycles. The van der Waals surface area contributed by atoms with Gasteiger partial charge in [0.25, 0.3) is 0 Å². The van der Waals surface area contributed by atoms with Crippen LogP contribution in [0, 0.1) is 5.82 Å². The average molecular weight is 392 g/mol. The Balaban J connectivity index is 1.81. The van der Waals surface area contributed by atoms with Crippen LogP contribution in [0.2, 0.25) is 0 Å². The Bertz CT molecular complexity index is 617. The molecule has 0 spiro atoms. The Labute approximate surface area is 170 Å². The van der Waals surface area contributed by atoms with E-state index in [9.17, 15) is 4.39 Å². The Kier molecular flexibility index (Phi) is 9.19. The first-order valence-corrected chi connectivity index (χ1v) is 10.6. The Hall–Kier alpha value is -1.66. The Morgan fingerprint density at radius 2 is 2.00 bits per heavy atom. The first-order chi connectivity index (χ1) is 13.4. The molecule has 0 aromatic heterocycles. The predicted molar refractivity (Wildman–Crippen MR) is 117 cm³/mol. The van der Waals surface area contributed by atoms with Gasteiger partial charge in [-0.3, -0.25) is 4.99 Å². The third-order valence-electron chi connectivity index (χ3n) is 5.34. The zero-order chi connectivity index (χ0) is 20.4. The highest BCUT2D eigenvalue weighted by Gasteiger charge is 2.21. The summed E-state index contributed by atoms with van der Waals surface area (Å²) < 4.78 is 13.6. The lowest BCUT2D eigenvalue weighted by Gasteiger charge is -2.24. The van der Waals surface area contributed by atoms with Crippen molar-refractivity contribution in [2.75, 3.05) is 59.4 Å². The molecular weight excluding hydrogens is 353 g/mol. The molecule has 1 fully saturated rings. The van der Waals surface area contributed by atoms with E-state index in [-0.39, 0.29) is 11.2 Å². The molecule has 5 nitrogen and oxygen atoms in total. The van der Waals surface area contributed by atoms with E-state index in [1.807, 2.05) is 6.07 Å². The van der Waals surface area contributed by atoms with Crippen LogP contribution >= 0.6 is 0 Å². The number of benzene rings is 1. The van der Waals surface area contributed by atoms with Crippen LogP contribution in [0.25, 0.3) is 0 Å². The maximum absolute atomic E-state index is 13.6. The van der Waals surface area contributed by atoms with E-state index in [1.165, 1.54) is 25.6 Å². The van der Waals surface area contributed by atoms with Crippen molar-refractivity contribution in [2.24, 2.45) is 4.99 Å². The van der Waals surface area contributed by atoms with Crippen LogP contribution in [-0.2, 0) is 5.41 Å². The van der Waals surface area contributed by atoms with Gasteiger partial charge in [0.15, 0.2) is 5.96 Å². The summed E-state index contributed by atoms with van der Waals surface area (Å²) in [5, 5.41) is 6.76. The highest BCUT2D eigenvalue weighted by atomic mass is 19.1. The normalized spacial score (nSPS) is 17.4. The van der Waals surface area contributed by atoms with E-state index < -0.39 is 0 Å². The molecule has 0 bridgehead atoms. The summed E-state index contributed by atoms with van der Waals surface area (Å²) in [5.41, 5.74) is 0.751. The largest absolute Gasteiger partial charge is 0.357 e. The first kappa shape index (κ1) is 22.6. The van der Waals surface area contributed by atoms with Crippen molar-refractivity contribution in [2.45, 2.75) is 39.0 Å². The van der Waals surface area contributed by atoms with Crippen LogP contribution in [-0.4, -0.2) is 75.2 Å². The van der Waals surface area contributed by atoms with E-state index in [0.717, 1.165) is 50.7 Å². The van der Waals surface area contributed by atoms with Gasteiger partial charge in [0, 0.05) is 31.6 Å². The zero-order valence-corrected chi connectivity index (χ0v) is 18.1. The summed E-state index contributed by atoms with van der Waals surface area (Å²) in [6.07, 6.45) is 2.35. The lowest BCUT2D eigenvalue weighted by Crippen LogP contribution is -2.40. The second-order valence-electron chi connectivity index (χ2n) is 8.37. The molecule has 1 heterocycles. The number of rotatable bonds is 8. The number of hydrogen-bond acceptors (Lipinski definition) is 3. The quantitative estimate of drug-likeness (QED) is 0.406. The Morgan fingerprint density at radius 3 is 2.75 bits per heavy atom. The predicted octanol–water partition coefficient (Wildman–Crippen LogP) is 2.69. The monoisotopic (exact) mass is 391 g/mol. The molecule has 0 atom stereocenters. The summed E-state index contributed by atoms with van der Waals surface area (Å²) in [5.74, 6) is 0.641. The number of hydrogen-bond donors (Lipinski definition) is 2. The van der Waals surface area contributed by atoms with Gasteiger partial charge >= 0.3 is 0 Å². The van der Waals surface area contributed by atoms with Gasteiger partial charge in [0.1, 0.15) is 5.82 Å². The second-order valence-corrected chi connectivity index (χ2v) is 8.37. The molecule has 28 heavy (non-hydrogen) atoms. The van der Waals surface area contributed by atoms with Crippen LogP contribution < -0.4 is 10.6 Å². The van der Waals surface area contributed by atoms with Crippen LogP contribution in [0.15, 0.2) is 29.3 Å². The average Bonchev–Trinajstić information content (AvgIpc) is 2.87. The molecule has 0 aliphatic carbocycles. The zero-order valence-electron chi connectivity index (χ0n) is 18.1. The van der Waals surface area contributed by atoms with E-state index in [0.29, 0.717) is 6.54 Å². The van der Waals surface area contributed by atoms with Gasteiger partial charge in [0.05, 0.1) is 6.54 Å². The molecule has 0 radical (unpaired) electrons. The molecule has 1 aromatic rings. The van der Waals surface area contributed by atoms with Crippen molar-refractivity contribution in [1.82, 2.24) is 20.4 Å². The van der Waals surface area contributed by atoms with Crippen LogP contribution in [0.5, 0.6) is 0 Å². The fourth-order valence-corrected chi connectivity index (χ4v) is 3.45. The third kappa shape index (κ3) is 7.76. The topological polar surface area (TPSA) is 42.9 Å². The molecule has 1 aromatic carbocycles. The molecule has 2 rings (SSSR count). The van der Waals surface area contributed by atoms with E-state index in [1.54, 1.807) is 12.1 Å². The van der Waals surface area contributed by atoms with E-state index in [2.05, 4.69) is 48.3 Å². The summed E-state index contributed by atoms with van der Waals surface area (Å²) in [6, 6.07) is 6.82. The second kappa shape index (κ2) is 11.4. The van der Waals surface area contributed by atoms with E-state index >= 15 is 0 Å². The minimum Gasteiger partial charge on any atom is -0.357 e. The molecule has 1 aliphatic rings. The highest BCUT2D eigenvalue weighted by molar-refractivity contribution is 5.79. The highest BCUT2D eigenvalue weighted by Crippen LogP contribution is 2.24. The van der Waals surface area contributed by atoms with Crippen molar-refractivity contribution >= 4 is 5.96 Å². The van der Waals surface area contributed by atoms with Crippen molar-refractivity contribution < 1.29 is 4.39 Å². The fraction of sp³-hybridized carbons (Fsp3) is 0.682. The number of likely N-dealkylation sites (N-methyl/N-ethyl adjacent to an activating group) is 1. The lowest BCUT2D eigenvalue weighted by atomic mass is 9.85. The smallest absolute Gasteiger partial charge is 0.191 e. The van der Waals surface area contributed by atoms with Gasteiger partial charge in [-0.25, -0.2) is 4.39 Å². The minimum atomic E-state index is -0.220. The van der Waals surface area contributed by atoms with Gasteiger partial charge in [-0.2, -0.15) is 0 Å². The van der Waals surface area contributed by atoms with Gasteiger partial charge in [-0.15, -0.1) is 0 Å². The summed E-state index contributed by atoms with van der Waals surface area (Å²) in [6.45, 7) is 14.4. The maximum atomic E-state index is 13.6. The number of halogens is 1. The standard InChI is InChI=1S/C22H38FN5/c1-5-24-21(25-11-7-13-28-14-8-12-27(4)15-16-28)26-18-22(2,3)19-9-6-10-20(23)17-19/h6,9-10,17H,5,7-8,11-16,18H2,1-4H3,(H2,24,25,26). The van der Waals surface area contributed by atoms with Gasteiger partial charge < -0.3 is 20.4 Å². The molecule has 0 amide bonds. The number of nitrogens with one attached hydrogen (secondary N) is 2. The van der Waals surface area contributed by atoms with Crippen molar-refractivity contribution in [3.05, 3.63) is 35.6 Å². The number of aliphatic imine (C=N–C) groups is 1. The van der Waals surface area contributed by atoms with Gasteiger partial charge in [-0.1, -0.05) is 26.0 Å². The van der Waals surface area contributed by atoms with Crippen molar-refractivity contribution in [3.63, 3.8) is 0 Å². The molecule has 1 aliphatic heterocycles. The molecule has 2 N–H and O–H groups in total. The minimum absolute atomic E-state index is 0.195. The summed E-state index contributed by atoms with van der Waals surface area (Å²) in [4.78, 5) is 9.72. The first-order valence-electron chi connectivity index (χ1n) is 10.6. The molecule has 0 unspecified atom stereocenters. The summed E-state index contributed by atoms with van der Waals surface area (Å²) in [7, 11) is 2.20. The molecule has 6 heteroatoms. The fourth-order valence-electron chi connectivity index (χ4n) is 3.45.